The van der Waals surface area contributed by atoms with Crippen LogP contribution in [0.4, 0.5) is 8.78 Å². The number of halogens is 2. The van der Waals surface area contributed by atoms with E-state index in [0.29, 0.717) is 11.3 Å². The lowest BCUT2D eigenvalue weighted by atomic mass is 10.1. The Balaban J connectivity index is 2.20. The van der Waals surface area contributed by atoms with Crippen LogP contribution >= 0.6 is 0 Å². The number of benzene rings is 2. The highest BCUT2D eigenvalue weighted by Crippen LogP contribution is 2.34. The number of rotatable bonds is 6. The molecule has 150 valence electrons. The molecule has 0 unspecified atom stereocenters. The average molecular weight is 399 g/mol. The van der Waals surface area contributed by atoms with Gasteiger partial charge in [-0.2, -0.15) is 0 Å². The molecular weight excluding hydrogens is 380 g/mol. The van der Waals surface area contributed by atoms with Gasteiger partial charge >= 0.3 is 5.97 Å². The second kappa shape index (κ2) is 8.26. The first-order valence-corrected chi connectivity index (χ1v) is 8.82. The molecule has 2 aromatic carbocycles. The molecule has 29 heavy (non-hydrogen) atoms. The monoisotopic (exact) mass is 399 g/mol. The van der Waals surface area contributed by atoms with Crippen LogP contribution in [-0.2, 0) is 16.0 Å². The molecule has 0 spiro atoms. The third-order valence-corrected chi connectivity index (χ3v) is 4.60. The molecule has 1 heterocycles. The highest BCUT2D eigenvalue weighted by Gasteiger charge is 2.25. The molecule has 0 saturated carbocycles. The van der Waals surface area contributed by atoms with Crippen LogP contribution in [0.15, 0.2) is 49.1 Å². The largest absolute Gasteiger partial charge is 0.494 e. The van der Waals surface area contributed by atoms with Crippen molar-refractivity contribution < 1.29 is 27.8 Å². The first-order valence-electron chi connectivity index (χ1n) is 8.82. The fourth-order valence-corrected chi connectivity index (χ4v) is 3.22. The Bertz CT molecular complexity index is 1100. The number of hydrogen-bond acceptors (Lipinski definition) is 4. The van der Waals surface area contributed by atoms with E-state index >= 15 is 4.39 Å². The number of fused-ring (bicyclic) bond motifs is 1. The Morgan fingerprint density at radius 3 is 2.45 bits per heavy atom. The minimum Gasteiger partial charge on any atom is -0.494 e. The van der Waals surface area contributed by atoms with Gasteiger partial charge in [0.1, 0.15) is 12.4 Å². The van der Waals surface area contributed by atoms with Crippen molar-refractivity contribution in [2.45, 2.75) is 13.3 Å². The number of carbonyl (C=O) groups excluding carboxylic acids is 2. The standard InChI is InChI=1S/C22H19F2NO4/c1-4-11-29-19(26)12-16-13(2)25(22(27)14-5-7-15(23)8-6-14)17-9-10-18(28-3)21(24)20(16)17/h4-10H,1,11-12H2,2-3H3. The Morgan fingerprint density at radius 1 is 1.14 bits per heavy atom. The lowest BCUT2D eigenvalue weighted by molar-refractivity contribution is -0.141. The summed E-state index contributed by atoms with van der Waals surface area (Å²) in [5, 5.41) is 0.105. The van der Waals surface area contributed by atoms with E-state index in [1.807, 2.05) is 0 Å². The summed E-state index contributed by atoms with van der Waals surface area (Å²) >= 11 is 0. The zero-order chi connectivity index (χ0) is 21.1. The number of methoxy groups -OCH3 is 1. The van der Waals surface area contributed by atoms with E-state index in [4.69, 9.17) is 9.47 Å². The molecular formula is C22H19F2NO4. The second-order valence-electron chi connectivity index (χ2n) is 6.34. The molecule has 0 bridgehead atoms. The van der Waals surface area contributed by atoms with Gasteiger partial charge < -0.3 is 9.47 Å². The van der Waals surface area contributed by atoms with Crippen molar-refractivity contribution in [1.82, 2.24) is 4.57 Å². The van der Waals surface area contributed by atoms with Gasteiger partial charge in [-0.05, 0) is 48.9 Å². The summed E-state index contributed by atoms with van der Waals surface area (Å²) in [5.74, 6) is -2.21. The maximum Gasteiger partial charge on any atom is 0.310 e. The van der Waals surface area contributed by atoms with Crippen molar-refractivity contribution in [2.75, 3.05) is 13.7 Å². The van der Waals surface area contributed by atoms with E-state index < -0.39 is 23.5 Å². The predicted octanol–water partition coefficient (Wildman–Crippen LogP) is 4.20. The molecule has 7 heteroatoms. The molecule has 0 aliphatic heterocycles. The van der Waals surface area contributed by atoms with Gasteiger partial charge in [0.2, 0.25) is 0 Å². The lowest BCUT2D eigenvalue weighted by Crippen LogP contribution is -2.14. The molecule has 5 nitrogen and oxygen atoms in total. The number of hydrogen-bond donors (Lipinski definition) is 0. The third-order valence-electron chi connectivity index (χ3n) is 4.60. The van der Waals surface area contributed by atoms with Crippen molar-refractivity contribution in [2.24, 2.45) is 0 Å². The average Bonchev–Trinajstić information content (AvgIpc) is 2.99. The van der Waals surface area contributed by atoms with E-state index in [2.05, 4.69) is 6.58 Å². The lowest BCUT2D eigenvalue weighted by Gasteiger charge is -2.08. The van der Waals surface area contributed by atoms with E-state index in [9.17, 15) is 14.0 Å². The number of aromatic nitrogens is 1. The van der Waals surface area contributed by atoms with Gasteiger partial charge in [-0.25, -0.2) is 8.78 Å². The fraction of sp³-hybridized carbons (Fsp3) is 0.182. The van der Waals surface area contributed by atoms with Gasteiger partial charge in [0.05, 0.1) is 19.0 Å². The second-order valence-corrected chi connectivity index (χ2v) is 6.34. The van der Waals surface area contributed by atoms with E-state index in [1.54, 1.807) is 13.0 Å². The Kier molecular flexibility index (Phi) is 5.77. The molecule has 0 radical (unpaired) electrons. The summed E-state index contributed by atoms with van der Waals surface area (Å²) in [6.07, 6.45) is 1.19. The molecule has 1 aromatic heterocycles. The van der Waals surface area contributed by atoms with Gasteiger partial charge in [-0.3, -0.25) is 14.2 Å². The summed E-state index contributed by atoms with van der Waals surface area (Å²) in [7, 11) is 1.33. The summed E-state index contributed by atoms with van der Waals surface area (Å²) in [5.41, 5.74) is 1.21. The normalized spacial score (nSPS) is 10.8. The maximum atomic E-state index is 15.1. The first-order chi connectivity index (χ1) is 13.9. The van der Waals surface area contributed by atoms with Crippen LogP contribution < -0.4 is 4.74 Å². The minimum absolute atomic E-state index is 0.00964. The highest BCUT2D eigenvalue weighted by atomic mass is 19.1. The summed E-state index contributed by atoms with van der Waals surface area (Å²) < 4.78 is 39.7. The van der Waals surface area contributed by atoms with Crippen LogP contribution in [0.2, 0.25) is 0 Å². The quantitative estimate of drug-likeness (QED) is 0.461. The van der Waals surface area contributed by atoms with Crippen molar-refractivity contribution in [3.8, 4) is 5.75 Å². The van der Waals surface area contributed by atoms with Crippen molar-refractivity contribution in [1.29, 1.82) is 0 Å². The fourth-order valence-electron chi connectivity index (χ4n) is 3.22. The van der Waals surface area contributed by atoms with Gasteiger partial charge in [-0.1, -0.05) is 12.7 Å². The zero-order valence-electron chi connectivity index (χ0n) is 16.0. The maximum absolute atomic E-state index is 15.1. The van der Waals surface area contributed by atoms with Crippen LogP contribution in [0.5, 0.6) is 5.75 Å². The molecule has 3 rings (SSSR count). The summed E-state index contributed by atoms with van der Waals surface area (Å²) in [6, 6.07) is 7.99. The molecule has 0 aliphatic carbocycles. The van der Waals surface area contributed by atoms with Crippen LogP contribution in [0.3, 0.4) is 0 Å². The smallest absolute Gasteiger partial charge is 0.310 e. The van der Waals surface area contributed by atoms with E-state index in [1.165, 1.54) is 48.1 Å². The molecule has 0 aliphatic rings. The molecule has 0 saturated heterocycles. The number of ether oxygens (including phenoxy) is 2. The molecule has 0 fully saturated rings. The summed E-state index contributed by atoms with van der Waals surface area (Å²) in [4.78, 5) is 25.2. The van der Waals surface area contributed by atoms with Crippen molar-refractivity contribution >= 4 is 22.8 Å². The van der Waals surface area contributed by atoms with E-state index in [-0.39, 0.29) is 35.2 Å². The number of nitrogens with zero attached hydrogens (tertiary/aromatic N) is 1. The molecule has 0 atom stereocenters. The molecule has 3 aromatic rings. The van der Waals surface area contributed by atoms with E-state index in [0.717, 1.165) is 0 Å². The van der Waals surface area contributed by atoms with Gasteiger partial charge in [-0.15, -0.1) is 0 Å². The molecule has 0 amide bonds. The predicted molar refractivity (Wildman–Crippen MR) is 104 cm³/mol. The Morgan fingerprint density at radius 2 is 1.83 bits per heavy atom. The van der Waals surface area contributed by atoms with Gasteiger partial charge in [0.15, 0.2) is 11.6 Å². The number of esters is 1. The number of carbonyl (C=O) groups is 2. The summed E-state index contributed by atoms with van der Waals surface area (Å²) in [6.45, 7) is 5.12. The first kappa shape index (κ1) is 20.3. The van der Waals surface area contributed by atoms with Crippen LogP contribution in [0.1, 0.15) is 21.6 Å². The highest BCUT2D eigenvalue weighted by molar-refractivity contribution is 6.05. The van der Waals surface area contributed by atoms with Crippen molar-refractivity contribution in [3.63, 3.8) is 0 Å². The minimum atomic E-state index is -0.676. The third kappa shape index (κ3) is 3.76. The van der Waals surface area contributed by atoms with Gasteiger partial charge in [0.25, 0.3) is 5.91 Å². The zero-order valence-corrected chi connectivity index (χ0v) is 16.0. The van der Waals surface area contributed by atoms with Crippen LogP contribution in [-0.4, -0.2) is 30.2 Å². The van der Waals surface area contributed by atoms with Crippen LogP contribution in [0, 0.1) is 18.6 Å². The molecule has 0 N–H and O–H groups in total. The Hall–Kier alpha value is -3.48. The Labute approximate surface area is 166 Å². The van der Waals surface area contributed by atoms with Crippen LogP contribution in [0.25, 0.3) is 10.9 Å². The van der Waals surface area contributed by atoms with Crippen molar-refractivity contribution in [3.05, 3.63) is 77.5 Å². The van der Waals surface area contributed by atoms with Gasteiger partial charge in [0, 0.05) is 16.6 Å². The topological polar surface area (TPSA) is 57.5 Å². The SMILES string of the molecule is C=CCOC(=O)Cc1c(C)n(C(=O)c2ccc(F)cc2)c2ccc(OC)c(F)c12.